The summed E-state index contributed by atoms with van der Waals surface area (Å²) < 4.78 is 10.5. The Kier molecular flexibility index (Phi) is 4.14. The number of hydrogen-bond acceptors (Lipinski definition) is 4. The minimum Gasteiger partial charge on any atom is -0.490 e. The molecule has 0 fully saturated rings. The van der Waals surface area contributed by atoms with E-state index >= 15 is 0 Å². The fourth-order valence-corrected chi connectivity index (χ4v) is 2.20. The molecule has 4 nitrogen and oxygen atoms in total. The summed E-state index contributed by atoms with van der Waals surface area (Å²) in [6, 6.07) is 5.23. The van der Waals surface area contributed by atoms with Crippen LogP contribution in [0.1, 0.15) is 29.9 Å². The normalized spacial score (nSPS) is 10.9. The fourth-order valence-electron chi connectivity index (χ4n) is 1.95. The predicted octanol–water partition coefficient (Wildman–Crippen LogP) is 3.77. The monoisotopic (exact) mass is 293 g/mol. The minimum absolute atomic E-state index is 0.0392. The molecular weight excluding hydrogens is 278 g/mol. The summed E-state index contributed by atoms with van der Waals surface area (Å²) in [4.78, 5) is 16.1. The van der Waals surface area contributed by atoms with Crippen LogP contribution in [0.2, 0.25) is 5.02 Å². The molecule has 1 aromatic carbocycles. The number of esters is 1. The van der Waals surface area contributed by atoms with Crippen molar-refractivity contribution in [2.75, 3.05) is 7.11 Å². The maximum atomic E-state index is 11.7. The van der Waals surface area contributed by atoms with Crippen molar-refractivity contribution < 1.29 is 14.3 Å². The highest BCUT2D eigenvalue weighted by atomic mass is 35.5. The van der Waals surface area contributed by atoms with E-state index in [9.17, 15) is 4.79 Å². The standard InChI is InChI=1S/C15H16ClNO3/c1-8(2)20-12-7-11(15(18)19-4)17-14-9(3)5-6-10(16)13(12)14/h5-8H,1-4H3. The lowest BCUT2D eigenvalue weighted by Crippen LogP contribution is -2.10. The number of hydrogen-bond donors (Lipinski definition) is 0. The van der Waals surface area contributed by atoms with Crippen molar-refractivity contribution in [3.8, 4) is 5.75 Å². The number of carbonyl (C=O) groups excluding carboxylic acids is 1. The van der Waals surface area contributed by atoms with Crippen molar-refractivity contribution in [2.24, 2.45) is 0 Å². The van der Waals surface area contributed by atoms with Gasteiger partial charge in [-0.3, -0.25) is 0 Å². The lowest BCUT2D eigenvalue weighted by atomic mass is 10.1. The molecule has 1 aromatic heterocycles. The number of fused-ring (bicyclic) bond motifs is 1. The van der Waals surface area contributed by atoms with Crippen LogP contribution in [-0.4, -0.2) is 24.2 Å². The molecule has 0 aliphatic heterocycles. The Morgan fingerprint density at radius 1 is 1.35 bits per heavy atom. The van der Waals surface area contributed by atoms with Gasteiger partial charge in [0, 0.05) is 6.07 Å². The summed E-state index contributed by atoms with van der Waals surface area (Å²) >= 11 is 6.25. The zero-order valence-corrected chi connectivity index (χ0v) is 12.6. The zero-order chi connectivity index (χ0) is 14.9. The Bertz CT molecular complexity index is 668. The summed E-state index contributed by atoms with van der Waals surface area (Å²) in [5.74, 6) is 0.0407. The van der Waals surface area contributed by atoms with Crippen molar-refractivity contribution in [1.82, 2.24) is 4.98 Å². The Morgan fingerprint density at radius 2 is 2.05 bits per heavy atom. The van der Waals surface area contributed by atoms with E-state index < -0.39 is 5.97 Å². The van der Waals surface area contributed by atoms with Gasteiger partial charge >= 0.3 is 5.97 Å². The van der Waals surface area contributed by atoms with E-state index in [2.05, 4.69) is 4.98 Å². The molecule has 2 aromatic rings. The van der Waals surface area contributed by atoms with Gasteiger partial charge < -0.3 is 9.47 Å². The molecule has 1 heterocycles. The molecule has 0 bridgehead atoms. The van der Waals surface area contributed by atoms with Gasteiger partial charge in [-0.05, 0) is 32.4 Å². The molecule has 0 aliphatic carbocycles. The van der Waals surface area contributed by atoms with Gasteiger partial charge in [-0.25, -0.2) is 9.78 Å². The van der Waals surface area contributed by atoms with Crippen LogP contribution in [0.25, 0.3) is 10.9 Å². The Balaban J connectivity index is 2.77. The van der Waals surface area contributed by atoms with Crippen LogP contribution in [0.3, 0.4) is 0 Å². The summed E-state index contributed by atoms with van der Waals surface area (Å²) in [5.41, 5.74) is 1.78. The molecule has 0 saturated heterocycles. The third-order valence-corrected chi connectivity index (χ3v) is 3.15. The Hall–Kier alpha value is -1.81. The van der Waals surface area contributed by atoms with Crippen LogP contribution < -0.4 is 4.74 Å². The van der Waals surface area contributed by atoms with Crippen LogP contribution in [0, 0.1) is 6.92 Å². The number of halogens is 1. The lowest BCUT2D eigenvalue weighted by Gasteiger charge is -2.15. The zero-order valence-electron chi connectivity index (χ0n) is 11.9. The molecule has 0 saturated carbocycles. The molecule has 5 heteroatoms. The van der Waals surface area contributed by atoms with E-state index in [1.165, 1.54) is 7.11 Å². The number of aryl methyl sites for hydroxylation is 1. The molecule has 0 amide bonds. The summed E-state index contributed by atoms with van der Waals surface area (Å²) in [6.07, 6.45) is -0.0392. The van der Waals surface area contributed by atoms with Gasteiger partial charge in [-0.1, -0.05) is 17.7 Å². The van der Waals surface area contributed by atoms with Gasteiger partial charge in [0.15, 0.2) is 5.69 Å². The van der Waals surface area contributed by atoms with Crippen molar-refractivity contribution >= 4 is 28.5 Å². The average molecular weight is 294 g/mol. The van der Waals surface area contributed by atoms with E-state index in [4.69, 9.17) is 21.1 Å². The van der Waals surface area contributed by atoms with Gasteiger partial charge in [0.1, 0.15) is 5.75 Å². The fraction of sp³-hybridized carbons (Fsp3) is 0.333. The summed E-state index contributed by atoms with van der Waals surface area (Å²) in [5, 5.41) is 1.26. The number of aromatic nitrogens is 1. The summed E-state index contributed by atoms with van der Waals surface area (Å²) in [7, 11) is 1.32. The Labute approximate surface area is 122 Å². The van der Waals surface area contributed by atoms with Gasteiger partial charge in [0.2, 0.25) is 0 Å². The van der Waals surface area contributed by atoms with Crippen molar-refractivity contribution in [3.63, 3.8) is 0 Å². The number of benzene rings is 1. The minimum atomic E-state index is -0.500. The quantitative estimate of drug-likeness (QED) is 0.808. The van der Waals surface area contributed by atoms with Crippen molar-refractivity contribution in [1.29, 1.82) is 0 Å². The van der Waals surface area contributed by atoms with E-state index in [1.807, 2.05) is 26.8 Å². The molecule has 2 rings (SSSR count). The maximum Gasteiger partial charge on any atom is 0.356 e. The number of carbonyl (C=O) groups is 1. The third kappa shape index (κ3) is 2.70. The first kappa shape index (κ1) is 14.6. The van der Waals surface area contributed by atoms with Crippen LogP contribution in [-0.2, 0) is 4.74 Å². The first-order chi connectivity index (χ1) is 9.43. The molecule has 0 N–H and O–H groups in total. The highest BCUT2D eigenvalue weighted by Gasteiger charge is 2.17. The second-order valence-corrected chi connectivity index (χ2v) is 5.16. The predicted molar refractivity (Wildman–Crippen MR) is 78.6 cm³/mol. The van der Waals surface area contributed by atoms with Gasteiger partial charge in [-0.15, -0.1) is 0 Å². The van der Waals surface area contributed by atoms with Crippen LogP contribution in [0.5, 0.6) is 5.75 Å². The van der Waals surface area contributed by atoms with E-state index in [0.29, 0.717) is 21.7 Å². The van der Waals surface area contributed by atoms with E-state index in [-0.39, 0.29) is 11.8 Å². The number of pyridine rings is 1. The molecule has 106 valence electrons. The average Bonchev–Trinajstić information content (AvgIpc) is 2.41. The highest BCUT2D eigenvalue weighted by molar-refractivity contribution is 6.36. The second-order valence-electron chi connectivity index (χ2n) is 4.75. The molecule has 0 spiro atoms. The molecule has 20 heavy (non-hydrogen) atoms. The van der Waals surface area contributed by atoms with Gasteiger partial charge in [0.05, 0.1) is 29.1 Å². The van der Waals surface area contributed by atoms with E-state index in [0.717, 1.165) is 5.56 Å². The maximum absolute atomic E-state index is 11.7. The van der Waals surface area contributed by atoms with Crippen molar-refractivity contribution in [3.05, 3.63) is 34.5 Å². The molecule has 0 atom stereocenters. The number of nitrogens with zero attached hydrogens (tertiary/aromatic N) is 1. The molecule has 0 unspecified atom stereocenters. The second kappa shape index (κ2) is 5.67. The molecule has 0 aliphatic rings. The first-order valence-electron chi connectivity index (χ1n) is 6.29. The number of methoxy groups -OCH3 is 1. The summed E-state index contributed by atoms with van der Waals surface area (Å²) in [6.45, 7) is 5.73. The van der Waals surface area contributed by atoms with E-state index in [1.54, 1.807) is 12.1 Å². The van der Waals surface area contributed by atoms with Crippen LogP contribution in [0.4, 0.5) is 0 Å². The lowest BCUT2D eigenvalue weighted by molar-refractivity contribution is 0.0593. The van der Waals surface area contributed by atoms with Crippen LogP contribution >= 0.6 is 11.6 Å². The number of ether oxygens (including phenoxy) is 2. The molecule has 0 radical (unpaired) electrons. The van der Waals surface area contributed by atoms with Gasteiger partial charge in [0.25, 0.3) is 0 Å². The third-order valence-electron chi connectivity index (χ3n) is 2.83. The number of rotatable bonds is 3. The molecular formula is C15H16ClNO3. The van der Waals surface area contributed by atoms with Crippen LogP contribution in [0.15, 0.2) is 18.2 Å². The first-order valence-corrected chi connectivity index (χ1v) is 6.66. The SMILES string of the molecule is COC(=O)c1cc(OC(C)C)c2c(Cl)ccc(C)c2n1. The van der Waals surface area contributed by atoms with Gasteiger partial charge in [-0.2, -0.15) is 0 Å². The smallest absolute Gasteiger partial charge is 0.356 e. The van der Waals surface area contributed by atoms with Crippen molar-refractivity contribution in [2.45, 2.75) is 26.9 Å². The highest BCUT2D eigenvalue weighted by Crippen LogP contribution is 2.34. The Morgan fingerprint density at radius 3 is 2.65 bits per heavy atom. The largest absolute Gasteiger partial charge is 0.490 e. The topological polar surface area (TPSA) is 48.4 Å².